The Morgan fingerprint density at radius 3 is 2.20 bits per heavy atom. The van der Waals surface area contributed by atoms with Crippen LogP contribution < -0.4 is 0 Å². The zero-order valence-corrected chi connectivity index (χ0v) is 15.4. The van der Waals surface area contributed by atoms with Crippen LogP contribution in [0.4, 0.5) is 4.39 Å². The average molecular weight is 342 g/mol. The molecule has 1 nitrogen and oxygen atoms in total. The third-order valence-corrected chi connectivity index (χ3v) is 5.71. The molecular formula is C23H32FN. The van der Waals surface area contributed by atoms with Crippen LogP contribution in [0.15, 0.2) is 36.7 Å². The summed E-state index contributed by atoms with van der Waals surface area (Å²) in [5, 5.41) is 8.85. The molecule has 1 aromatic carbocycles. The Hall–Kier alpha value is -1.62. The number of nitrogens with zero attached hydrogens (tertiary/aromatic N) is 1. The van der Waals surface area contributed by atoms with E-state index in [2.05, 4.69) is 18.2 Å². The summed E-state index contributed by atoms with van der Waals surface area (Å²) in [5.74, 6) is 1.83. The van der Waals surface area contributed by atoms with E-state index in [0.29, 0.717) is 6.33 Å². The minimum Gasteiger partial charge on any atom is -0.216 e. The predicted molar refractivity (Wildman–Crippen MR) is 103 cm³/mol. The summed E-state index contributed by atoms with van der Waals surface area (Å²) in [5.41, 5.74) is 2.12. The molecule has 25 heavy (non-hydrogen) atoms. The summed E-state index contributed by atoms with van der Waals surface area (Å²) in [4.78, 5) is 0. The fraction of sp³-hybridized carbons (Fsp3) is 0.609. The highest BCUT2D eigenvalue weighted by Gasteiger charge is 2.20. The first-order chi connectivity index (χ1) is 12.3. The van der Waals surface area contributed by atoms with E-state index in [1.807, 2.05) is 12.1 Å². The maximum Gasteiger partial charge on any atom is 0.0991 e. The highest BCUT2D eigenvalue weighted by molar-refractivity contribution is 5.31. The van der Waals surface area contributed by atoms with E-state index in [4.69, 9.17) is 5.26 Å². The van der Waals surface area contributed by atoms with Gasteiger partial charge in [0.15, 0.2) is 0 Å². The molecule has 0 N–H and O–H groups in total. The normalized spacial score (nSPS) is 20.6. The summed E-state index contributed by atoms with van der Waals surface area (Å²) in [6.45, 7) is 0. The second-order valence-electron chi connectivity index (χ2n) is 7.59. The van der Waals surface area contributed by atoms with Crippen LogP contribution in [-0.4, -0.2) is 0 Å². The van der Waals surface area contributed by atoms with Crippen molar-refractivity contribution in [3.63, 3.8) is 0 Å². The first kappa shape index (κ1) is 19.7. The quantitative estimate of drug-likeness (QED) is 0.415. The van der Waals surface area contributed by atoms with Gasteiger partial charge in [-0.3, -0.25) is 0 Å². The molecule has 2 heteroatoms. The number of nitriles is 1. The zero-order valence-electron chi connectivity index (χ0n) is 15.4. The van der Waals surface area contributed by atoms with Crippen molar-refractivity contribution in [1.82, 2.24) is 0 Å². The lowest BCUT2D eigenvalue weighted by Gasteiger charge is -2.28. The van der Waals surface area contributed by atoms with E-state index in [1.54, 1.807) is 6.08 Å². The van der Waals surface area contributed by atoms with E-state index in [1.165, 1.54) is 63.4 Å². The van der Waals surface area contributed by atoms with E-state index < -0.39 is 0 Å². The number of rotatable bonds is 10. The molecule has 1 saturated carbocycles. The van der Waals surface area contributed by atoms with Gasteiger partial charge in [0, 0.05) is 0 Å². The van der Waals surface area contributed by atoms with Crippen LogP contribution >= 0.6 is 0 Å². The fourth-order valence-electron chi connectivity index (χ4n) is 4.04. The van der Waals surface area contributed by atoms with E-state index >= 15 is 0 Å². The molecular weight excluding hydrogens is 309 g/mol. The smallest absolute Gasteiger partial charge is 0.0991 e. The second-order valence-corrected chi connectivity index (χ2v) is 7.59. The standard InChI is InChI=1S/C23H32FN/c24-18-6-4-2-1-3-5-7-20-8-10-21(11-9-20)12-13-22-14-16-23(19-25)17-15-22/h6,14-18,20-21H,1-5,7-13H2. The summed E-state index contributed by atoms with van der Waals surface area (Å²) < 4.78 is 11.8. The minimum atomic E-state index is 0.666. The van der Waals surface area contributed by atoms with Crippen LogP contribution in [0.2, 0.25) is 0 Å². The Labute approximate surface area is 152 Å². The molecule has 0 radical (unpaired) electrons. The molecule has 1 aliphatic carbocycles. The van der Waals surface area contributed by atoms with Gasteiger partial charge in [0.25, 0.3) is 0 Å². The molecule has 0 atom stereocenters. The number of hydrogen-bond donors (Lipinski definition) is 0. The number of allylic oxidation sites excluding steroid dienone is 1. The monoisotopic (exact) mass is 341 g/mol. The fourth-order valence-corrected chi connectivity index (χ4v) is 4.04. The van der Waals surface area contributed by atoms with Crippen molar-refractivity contribution in [2.75, 3.05) is 0 Å². The Balaban J connectivity index is 1.53. The van der Waals surface area contributed by atoms with Crippen LogP contribution in [-0.2, 0) is 6.42 Å². The molecule has 0 bridgehead atoms. The van der Waals surface area contributed by atoms with Gasteiger partial charge in [-0.15, -0.1) is 0 Å². The molecule has 0 aliphatic heterocycles. The molecule has 0 aromatic heterocycles. The molecule has 0 amide bonds. The average Bonchev–Trinajstić information content (AvgIpc) is 2.67. The van der Waals surface area contributed by atoms with Crippen molar-refractivity contribution in [1.29, 1.82) is 5.26 Å². The number of halogens is 1. The van der Waals surface area contributed by atoms with Crippen LogP contribution in [0.5, 0.6) is 0 Å². The summed E-state index contributed by atoms with van der Waals surface area (Å²) in [6.07, 6.45) is 17.6. The Kier molecular flexibility index (Phi) is 9.34. The van der Waals surface area contributed by atoms with Crippen LogP contribution in [0.25, 0.3) is 0 Å². The third-order valence-electron chi connectivity index (χ3n) is 5.71. The maximum absolute atomic E-state index is 11.8. The molecule has 0 unspecified atom stereocenters. The summed E-state index contributed by atoms with van der Waals surface area (Å²) >= 11 is 0. The second kappa shape index (κ2) is 11.9. The zero-order chi connectivity index (χ0) is 17.7. The van der Waals surface area contributed by atoms with Crippen molar-refractivity contribution < 1.29 is 4.39 Å². The third kappa shape index (κ3) is 7.86. The van der Waals surface area contributed by atoms with Gasteiger partial charge < -0.3 is 0 Å². The molecule has 1 fully saturated rings. The van der Waals surface area contributed by atoms with Crippen molar-refractivity contribution in [2.45, 2.75) is 77.0 Å². The maximum atomic E-state index is 11.8. The van der Waals surface area contributed by atoms with Crippen molar-refractivity contribution in [3.8, 4) is 6.07 Å². The topological polar surface area (TPSA) is 23.8 Å². The van der Waals surface area contributed by atoms with E-state index in [0.717, 1.165) is 36.7 Å². The van der Waals surface area contributed by atoms with Gasteiger partial charge in [0.2, 0.25) is 0 Å². The number of aryl methyl sites for hydroxylation is 1. The highest BCUT2D eigenvalue weighted by atomic mass is 19.1. The highest BCUT2D eigenvalue weighted by Crippen LogP contribution is 2.34. The van der Waals surface area contributed by atoms with Crippen LogP contribution in [0.1, 0.15) is 81.8 Å². The van der Waals surface area contributed by atoms with Gasteiger partial charge in [-0.25, -0.2) is 4.39 Å². The van der Waals surface area contributed by atoms with E-state index in [9.17, 15) is 4.39 Å². The van der Waals surface area contributed by atoms with Crippen molar-refractivity contribution in [2.24, 2.45) is 11.8 Å². The van der Waals surface area contributed by atoms with Gasteiger partial charge in [-0.05, 0) is 55.2 Å². The minimum absolute atomic E-state index is 0.666. The molecule has 2 rings (SSSR count). The van der Waals surface area contributed by atoms with Crippen LogP contribution in [0.3, 0.4) is 0 Å². The Bertz CT molecular complexity index is 532. The summed E-state index contributed by atoms with van der Waals surface area (Å²) in [7, 11) is 0. The number of unbranched alkanes of at least 4 members (excludes halogenated alkanes) is 4. The van der Waals surface area contributed by atoms with E-state index in [-0.39, 0.29) is 0 Å². The lowest BCUT2D eigenvalue weighted by atomic mass is 9.77. The predicted octanol–water partition coefficient (Wildman–Crippen LogP) is 7.12. The van der Waals surface area contributed by atoms with Crippen molar-refractivity contribution in [3.05, 3.63) is 47.8 Å². The molecule has 0 heterocycles. The first-order valence-corrected chi connectivity index (χ1v) is 10.1. The molecule has 136 valence electrons. The van der Waals surface area contributed by atoms with Gasteiger partial charge in [0.05, 0.1) is 18.0 Å². The first-order valence-electron chi connectivity index (χ1n) is 10.1. The Morgan fingerprint density at radius 2 is 1.56 bits per heavy atom. The lowest BCUT2D eigenvalue weighted by molar-refractivity contribution is 0.249. The van der Waals surface area contributed by atoms with Gasteiger partial charge in [-0.2, -0.15) is 5.26 Å². The van der Waals surface area contributed by atoms with Crippen LogP contribution in [0, 0.1) is 23.2 Å². The van der Waals surface area contributed by atoms with Gasteiger partial charge >= 0.3 is 0 Å². The Morgan fingerprint density at radius 1 is 0.920 bits per heavy atom. The van der Waals surface area contributed by atoms with Gasteiger partial charge in [0.1, 0.15) is 0 Å². The van der Waals surface area contributed by atoms with Gasteiger partial charge in [-0.1, -0.05) is 69.6 Å². The van der Waals surface area contributed by atoms with Crippen molar-refractivity contribution >= 4 is 0 Å². The number of benzene rings is 1. The number of hydrogen-bond acceptors (Lipinski definition) is 1. The lowest BCUT2D eigenvalue weighted by Crippen LogP contribution is -2.15. The largest absolute Gasteiger partial charge is 0.216 e. The summed E-state index contributed by atoms with van der Waals surface area (Å²) in [6, 6.07) is 10.3. The molecule has 1 aliphatic rings. The SMILES string of the molecule is N#Cc1ccc(CCC2CCC(CCCCCCC=CF)CC2)cc1. The molecule has 1 aromatic rings. The molecule has 0 spiro atoms. The molecule has 0 saturated heterocycles.